The van der Waals surface area contributed by atoms with Crippen molar-refractivity contribution in [1.29, 1.82) is 0 Å². The first-order chi connectivity index (χ1) is 13.6. The Labute approximate surface area is 161 Å². The SMILES string of the molecule is COc1ccc2c(c1)CCCC2CNC(=O)c1ccnc2c(C(N)=O)cnn12. The van der Waals surface area contributed by atoms with Crippen LogP contribution in [0.5, 0.6) is 5.75 Å². The summed E-state index contributed by atoms with van der Waals surface area (Å²) in [6, 6.07) is 7.69. The van der Waals surface area contributed by atoms with Crippen LogP contribution in [0, 0.1) is 0 Å². The van der Waals surface area contributed by atoms with Crippen molar-refractivity contribution in [1.82, 2.24) is 19.9 Å². The predicted molar refractivity (Wildman–Crippen MR) is 103 cm³/mol. The highest BCUT2D eigenvalue weighted by molar-refractivity contribution is 5.99. The lowest BCUT2D eigenvalue weighted by atomic mass is 9.82. The molecule has 3 aromatic rings. The summed E-state index contributed by atoms with van der Waals surface area (Å²) in [7, 11) is 1.66. The lowest BCUT2D eigenvalue weighted by molar-refractivity contribution is 0.0941. The number of aromatic nitrogens is 3. The quantitative estimate of drug-likeness (QED) is 0.701. The molecule has 1 unspecified atom stereocenters. The molecular weight excluding hydrogens is 358 g/mol. The van der Waals surface area contributed by atoms with E-state index in [0.717, 1.165) is 25.0 Å². The Morgan fingerprint density at radius 3 is 3.00 bits per heavy atom. The van der Waals surface area contributed by atoms with Crippen molar-refractivity contribution < 1.29 is 14.3 Å². The molecule has 28 heavy (non-hydrogen) atoms. The van der Waals surface area contributed by atoms with Gasteiger partial charge in [-0.15, -0.1) is 0 Å². The zero-order valence-corrected chi connectivity index (χ0v) is 15.5. The van der Waals surface area contributed by atoms with Gasteiger partial charge in [-0.1, -0.05) is 6.07 Å². The third-order valence-electron chi connectivity index (χ3n) is 5.20. The van der Waals surface area contributed by atoms with Crippen molar-refractivity contribution in [3.05, 3.63) is 59.0 Å². The van der Waals surface area contributed by atoms with Gasteiger partial charge in [-0.2, -0.15) is 5.10 Å². The summed E-state index contributed by atoms with van der Waals surface area (Å²) in [5.41, 5.74) is 8.62. The van der Waals surface area contributed by atoms with Crippen LogP contribution in [0.25, 0.3) is 5.65 Å². The number of hydrogen-bond donors (Lipinski definition) is 2. The maximum absolute atomic E-state index is 12.8. The van der Waals surface area contributed by atoms with Gasteiger partial charge in [-0.25, -0.2) is 9.50 Å². The first-order valence-electron chi connectivity index (χ1n) is 9.16. The van der Waals surface area contributed by atoms with Gasteiger partial charge in [0, 0.05) is 18.7 Å². The second-order valence-electron chi connectivity index (χ2n) is 6.85. The number of benzene rings is 1. The molecule has 0 saturated heterocycles. The van der Waals surface area contributed by atoms with Crippen molar-refractivity contribution >= 4 is 17.5 Å². The largest absolute Gasteiger partial charge is 0.497 e. The number of hydrogen-bond acceptors (Lipinski definition) is 5. The number of nitrogens with one attached hydrogen (secondary N) is 1. The molecule has 0 radical (unpaired) electrons. The number of carbonyl (C=O) groups excluding carboxylic acids is 2. The summed E-state index contributed by atoms with van der Waals surface area (Å²) in [6.07, 6.45) is 5.90. The van der Waals surface area contributed by atoms with Crippen LogP contribution in [0.2, 0.25) is 0 Å². The summed E-state index contributed by atoms with van der Waals surface area (Å²) in [5.74, 6) is 0.197. The van der Waals surface area contributed by atoms with Crippen LogP contribution >= 0.6 is 0 Å². The van der Waals surface area contributed by atoms with Gasteiger partial charge in [0.05, 0.1) is 13.3 Å². The summed E-state index contributed by atoms with van der Waals surface area (Å²) in [4.78, 5) is 28.3. The van der Waals surface area contributed by atoms with Gasteiger partial charge in [0.2, 0.25) is 0 Å². The molecule has 1 aromatic carbocycles. The third-order valence-corrected chi connectivity index (χ3v) is 5.20. The average Bonchev–Trinajstić information content (AvgIpc) is 3.16. The van der Waals surface area contributed by atoms with Crippen LogP contribution in [-0.2, 0) is 6.42 Å². The fourth-order valence-corrected chi connectivity index (χ4v) is 3.77. The van der Waals surface area contributed by atoms with Gasteiger partial charge >= 0.3 is 0 Å². The number of rotatable bonds is 5. The Balaban J connectivity index is 1.53. The van der Waals surface area contributed by atoms with Crippen LogP contribution in [0.3, 0.4) is 0 Å². The van der Waals surface area contributed by atoms with E-state index in [9.17, 15) is 9.59 Å². The highest BCUT2D eigenvalue weighted by Gasteiger charge is 2.22. The number of aryl methyl sites for hydroxylation is 1. The smallest absolute Gasteiger partial charge is 0.270 e. The number of nitrogens with zero attached hydrogens (tertiary/aromatic N) is 3. The maximum atomic E-state index is 12.8. The zero-order valence-electron chi connectivity index (χ0n) is 15.5. The third kappa shape index (κ3) is 3.17. The van der Waals surface area contributed by atoms with Gasteiger partial charge < -0.3 is 15.8 Å². The molecule has 0 aliphatic heterocycles. The predicted octanol–water partition coefficient (Wildman–Crippen LogP) is 1.69. The van der Waals surface area contributed by atoms with Crippen LogP contribution in [-0.4, -0.2) is 40.1 Å². The first-order valence-corrected chi connectivity index (χ1v) is 9.16. The molecule has 2 amide bonds. The lowest BCUT2D eigenvalue weighted by Gasteiger charge is -2.26. The number of ether oxygens (including phenoxy) is 1. The van der Waals surface area contributed by atoms with Gasteiger partial charge in [-0.3, -0.25) is 9.59 Å². The van der Waals surface area contributed by atoms with Crippen molar-refractivity contribution in [3.63, 3.8) is 0 Å². The zero-order chi connectivity index (χ0) is 19.7. The van der Waals surface area contributed by atoms with E-state index in [4.69, 9.17) is 10.5 Å². The average molecular weight is 379 g/mol. The molecule has 1 aliphatic rings. The Hall–Kier alpha value is -3.42. The lowest BCUT2D eigenvalue weighted by Crippen LogP contribution is -2.31. The molecule has 0 saturated carbocycles. The molecule has 4 rings (SSSR count). The first kappa shape index (κ1) is 18.0. The van der Waals surface area contributed by atoms with E-state index < -0.39 is 5.91 Å². The molecule has 1 aliphatic carbocycles. The van der Waals surface area contributed by atoms with Crippen molar-refractivity contribution in [3.8, 4) is 5.75 Å². The summed E-state index contributed by atoms with van der Waals surface area (Å²) in [6.45, 7) is 0.520. The van der Waals surface area contributed by atoms with E-state index in [-0.39, 0.29) is 23.0 Å². The molecule has 144 valence electrons. The summed E-state index contributed by atoms with van der Waals surface area (Å²) < 4.78 is 6.66. The Morgan fingerprint density at radius 1 is 1.36 bits per heavy atom. The van der Waals surface area contributed by atoms with Gasteiger partial charge in [0.25, 0.3) is 11.8 Å². The fourth-order valence-electron chi connectivity index (χ4n) is 3.77. The Bertz CT molecular complexity index is 1060. The number of carbonyl (C=O) groups is 2. The van der Waals surface area contributed by atoms with Gasteiger partial charge in [0.1, 0.15) is 17.0 Å². The molecule has 8 heteroatoms. The standard InChI is InChI=1S/C20H21N5O3/c1-28-14-5-6-15-12(9-14)3-2-4-13(15)10-23-20(27)17-7-8-22-19-16(18(21)26)11-24-25(17)19/h5-9,11,13H,2-4,10H2,1H3,(H2,21,26)(H,23,27). The van der Waals surface area contributed by atoms with Crippen LogP contribution in [0.15, 0.2) is 36.7 Å². The number of primary amides is 1. The van der Waals surface area contributed by atoms with E-state index in [1.54, 1.807) is 13.2 Å². The normalized spacial score (nSPS) is 15.8. The van der Waals surface area contributed by atoms with Crippen LogP contribution < -0.4 is 15.8 Å². The van der Waals surface area contributed by atoms with Crippen LogP contribution in [0.1, 0.15) is 50.7 Å². The number of methoxy groups -OCH3 is 1. The van der Waals surface area contributed by atoms with Crippen LogP contribution in [0.4, 0.5) is 0 Å². The fraction of sp³-hybridized carbons (Fsp3) is 0.300. The van der Waals surface area contributed by atoms with Gasteiger partial charge in [-0.05, 0) is 48.6 Å². The van der Waals surface area contributed by atoms with E-state index in [0.29, 0.717) is 12.2 Å². The highest BCUT2D eigenvalue weighted by atomic mass is 16.5. The Kier molecular flexibility index (Phi) is 4.68. The Morgan fingerprint density at radius 2 is 2.21 bits per heavy atom. The minimum absolute atomic E-state index is 0.185. The van der Waals surface area contributed by atoms with Crippen molar-refractivity contribution in [2.45, 2.75) is 25.2 Å². The maximum Gasteiger partial charge on any atom is 0.270 e. The molecule has 1 atom stereocenters. The number of amides is 2. The second-order valence-corrected chi connectivity index (χ2v) is 6.85. The molecule has 0 bridgehead atoms. The molecule has 8 nitrogen and oxygen atoms in total. The van der Waals surface area contributed by atoms with Crippen molar-refractivity contribution in [2.75, 3.05) is 13.7 Å². The topological polar surface area (TPSA) is 112 Å². The molecule has 2 aromatic heterocycles. The van der Waals surface area contributed by atoms with E-state index >= 15 is 0 Å². The molecule has 2 heterocycles. The molecular formula is C20H21N5O3. The minimum Gasteiger partial charge on any atom is -0.497 e. The molecule has 0 spiro atoms. The molecule has 0 fully saturated rings. The van der Waals surface area contributed by atoms with Gasteiger partial charge in [0.15, 0.2) is 5.65 Å². The summed E-state index contributed by atoms with van der Waals surface area (Å²) in [5, 5.41) is 7.08. The summed E-state index contributed by atoms with van der Waals surface area (Å²) >= 11 is 0. The van der Waals surface area contributed by atoms with E-state index in [2.05, 4.69) is 27.5 Å². The van der Waals surface area contributed by atoms with E-state index in [1.807, 2.05) is 6.07 Å². The molecule has 3 N–H and O–H groups in total. The number of nitrogens with two attached hydrogens (primary N) is 1. The second kappa shape index (κ2) is 7.30. The number of fused-ring (bicyclic) bond motifs is 2. The highest BCUT2D eigenvalue weighted by Crippen LogP contribution is 2.33. The van der Waals surface area contributed by atoms with E-state index in [1.165, 1.54) is 28.0 Å². The minimum atomic E-state index is -0.630. The monoisotopic (exact) mass is 379 g/mol. The van der Waals surface area contributed by atoms with Crippen molar-refractivity contribution in [2.24, 2.45) is 5.73 Å².